The zero-order valence-electron chi connectivity index (χ0n) is 29.0. The Hall–Kier alpha value is -3.12. The standard InChI is InChI=1S/C36H48O11/c1-19-23(39)16-35(42)29(45-30(41)22-14-12-11-13-15-22)27-34(10,28(40)26(44-20(2)37)25(19)32(35,7)8)24(47-31(4,5)6)17-33(9)36(27,18-43-33)46-21(3)38/h11-15,23-24,26-27,29,39,42H,16-18H2,1-10H3/t23-,24-,26+,27-,29-,33+,34+,35+,36+/m0/s1. The molecule has 11 nitrogen and oxygen atoms in total. The van der Waals surface area contributed by atoms with Crippen LogP contribution in [0.2, 0.25) is 0 Å². The van der Waals surface area contributed by atoms with Crippen molar-refractivity contribution in [2.75, 3.05) is 6.61 Å². The predicted octanol–water partition coefficient (Wildman–Crippen LogP) is 3.87. The molecule has 0 aromatic heterocycles. The minimum absolute atomic E-state index is 0.0882. The van der Waals surface area contributed by atoms with Gasteiger partial charge in [0.2, 0.25) is 0 Å². The number of aliphatic hydroxyl groups excluding tert-OH is 1. The molecule has 1 saturated heterocycles. The third-order valence-corrected chi connectivity index (χ3v) is 11.2. The average Bonchev–Trinajstić information content (AvgIpc) is 2.95. The maximum Gasteiger partial charge on any atom is 0.338 e. The van der Waals surface area contributed by atoms with Crippen molar-refractivity contribution < 1.29 is 53.1 Å². The summed E-state index contributed by atoms with van der Waals surface area (Å²) < 4.78 is 31.3. The lowest BCUT2D eigenvalue weighted by Gasteiger charge is -2.71. The van der Waals surface area contributed by atoms with E-state index in [1.807, 2.05) is 20.8 Å². The highest BCUT2D eigenvalue weighted by atomic mass is 16.6. The Bertz CT molecular complexity index is 1510. The fraction of sp³-hybridized carbons (Fsp3) is 0.667. The highest BCUT2D eigenvalue weighted by Crippen LogP contribution is 2.67. The molecule has 0 radical (unpaired) electrons. The quantitative estimate of drug-likeness (QED) is 0.270. The summed E-state index contributed by atoms with van der Waals surface area (Å²) in [6.07, 6.45) is -5.58. The van der Waals surface area contributed by atoms with Gasteiger partial charge < -0.3 is 33.9 Å². The van der Waals surface area contributed by atoms with Crippen molar-refractivity contribution in [1.82, 2.24) is 0 Å². The normalized spacial score (nSPS) is 39.3. The Morgan fingerprint density at radius 1 is 0.957 bits per heavy atom. The van der Waals surface area contributed by atoms with Crippen LogP contribution in [0.1, 0.15) is 92.4 Å². The molecule has 9 atom stereocenters. The van der Waals surface area contributed by atoms with E-state index in [4.69, 9.17) is 23.7 Å². The Labute approximate surface area is 275 Å². The zero-order chi connectivity index (χ0) is 35.1. The molecule has 2 bridgehead atoms. The zero-order valence-corrected chi connectivity index (χ0v) is 29.0. The monoisotopic (exact) mass is 656 g/mol. The Kier molecular flexibility index (Phi) is 8.40. The van der Waals surface area contributed by atoms with Gasteiger partial charge in [-0.1, -0.05) is 32.0 Å². The number of carbonyl (C=O) groups excluding carboxylic acids is 4. The van der Waals surface area contributed by atoms with Crippen LogP contribution < -0.4 is 0 Å². The van der Waals surface area contributed by atoms with Crippen LogP contribution in [0.4, 0.5) is 0 Å². The first-order valence-electron chi connectivity index (χ1n) is 16.2. The molecule has 11 heteroatoms. The van der Waals surface area contributed by atoms with E-state index in [2.05, 4.69) is 0 Å². The van der Waals surface area contributed by atoms with Gasteiger partial charge in [0.1, 0.15) is 17.3 Å². The molecule has 3 aliphatic carbocycles. The number of ketones is 1. The summed E-state index contributed by atoms with van der Waals surface area (Å²) in [6, 6.07) is 8.22. The van der Waals surface area contributed by atoms with Crippen molar-refractivity contribution in [2.24, 2.45) is 16.7 Å². The predicted molar refractivity (Wildman–Crippen MR) is 168 cm³/mol. The molecular formula is C36H48O11. The fourth-order valence-corrected chi connectivity index (χ4v) is 8.79. The largest absolute Gasteiger partial charge is 0.455 e. The summed E-state index contributed by atoms with van der Waals surface area (Å²) >= 11 is 0. The van der Waals surface area contributed by atoms with Crippen molar-refractivity contribution in [3.05, 3.63) is 47.0 Å². The van der Waals surface area contributed by atoms with Gasteiger partial charge in [0, 0.05) is 32.1 Å². The molecule has 0 unspecified atom stereocenters. The van der Waals surface area contributed by atoms with Crippen molar-refractivity contribution >= 4 is 23.7 Å². The second-order valence-corrected chi connectivity index (χ2v) is 15.6. The number of esters is 3. The molecule has 2 saturated carbocycles. The maximum absolute atomic E-state index is 15.5. The van der Waals surface area contributed by atoms with Crippen LogP contribution >= 0.6 is 0 Å². The Morgan fingerprint density at radius 3 is 2.09 bits per heavy atom. The van der Waals surface area contributed by atoms with Crippen LogP contribution in [-0.2, 0) is 38.1 Å². The summed E-state index contributed by atoms with van der Waals surface area (Å²) in [5.41, 5.74) is -8.10. The number of carbonyl (C=O) groups is 4. The van der Waals surface area contributed by atoms with Gasteiger partial charge in [-0.3, -0.25) is 14.4 Å². The van der Waals surface area contributed by atoms with Crippen LogP contribution in [0.3, 0.4) is 0 Å². The van der Waals surface area contributed by atoms with Gasteiger partial charge in [0.25, 0.3) is 0 Å². The van der Waals surface area contributed by atoms with Crippen LogP contribution in [0, 0.1) is 16.7 Å². The molecule has 1 heterocycles. The maximum atomic E-state index is 15.5. The lowest BCUT2D eigenvalue weighted by molar-refractivity contribution is -0.389. The van der Waals surface area contributed by atoms with Crippen molar-refractivity contribution in [2.45, 2.75) is 129 Å². The first-order chi connectivity index (χ1) is 21.6. The van der Waals surface area contributed by atoms with Crippen molar-refractivity contribution in [3.63, 3.8) is 0 Å². The van der Waals surface area contributed by atoms with E-state index in [-0.39, 0.29) is 30.6 Å². The number of aliphatic hydroxyl groups is 2. The molecule has 5 rings (SSSR count). The molecule has 1 aliphatic heterocycles. The van der Waals surface area contributed by atoms with Gasteiger partial charge in [-0.15, -0.1) is 0 Å². The topological polar surface area (TPSA) is 155 Å². The van der Waals surface area contributed by atoms with Gasteiger partial charge in [-0.2, -0.15) is 0 Å². The minimum atomic E-state index is -2.09. The highest BCUT2D eigenvalue weighted by Gasteiger charge is 2.81. The highest BCUT2D eigenvalue weighted by molar-refractivity contribution is 5.95. The van der Waals surface area contributed by atoms with Gasteiger partial charge >= 0.3 is 17.9 Å². The van der Waals surface area contributed by atoms with E-state index < -0.39 is 87.3 Å². The molecule has 258 valence electrons. The third kappa shape index (κ3) is 5.16. The minimum Gasteiger partial charge on any atom is -0.455 e. The molecule has 0 amide bonds. The van der Waals surface area contributed by atoms with Gasteiger partial charge in [0.15, 0.2) is 17.5 Å². The van der Waals surface area contributed by atoms with Gasteiger partial charge in [-0.25, -0.2) is 4.79 Å². The molecular weight excluding hydrogens is 608 g/mol. The second kappa shape index (κ2) is 11.2. The number of fused-ring (bicyclic) bond motifs is 5. The summed E-state index contributed by atoms with van der Waals surface area (Å²) in [5.74, 6) is -4.08. The number of ether oxygens (including phenoxy) is 5. The number of benzene rings is 1. The summed E-state index contributed by atoms with van der Waals surface area (Å²) in [7, 11) is 0. The van der Waals surface area contributed by atoms with Crippen molar-refractivity contribution in [3.8, 4) is 0 Å². The molecule has 1 aromatic carbocycles. The first kappa shape index (κ1) is 35.2. The Morgan fingerprint density at radius 2 is 1.57 bits per heavy atom. The molecule has 4 aliphatic rings. The van der Waals surface area contributed by atoms with E-state index in [0.29, 0.717) is 5.57 Å². The van der Waals surface area contributed by atoms with Crippen LogP contribution in [-0.4, -0.2) is 87.3 Å². The summed E-state index contributed by atoms with van der Waals surface area (Å²) in [5, 5.41) is 24.7. The van der Waals surface area contributed by atoms with Gasteiger partial charge in [-0.05, 0) is 64.8 Å². The van der Waals surface area contributed by atoms with E-state index in [0.717, 1.165) is 0 Å². The summed E-state index contributed by atoms with van der Waals surface area (Å²) in [6.45, 7) is 16.1. The smallest absolute Gasteiger partial charge is 0.338 e. The average molecular weight is 657 g/mol. The first-order valence-corrected chi connectivity index (χ1v) is 16.2. The number of hydrogen-bond acceptors (Lipinski definition) is 11. The van der Waals surface area contributed by atoms with E-state index in [1.165, 1.54) is 13.8 Å². The SMILES string of the molecule is CC(=O)O[C@H]1C(=O)[C@]2(C)[C@@H](OC(C)(C)C)C[C@@]3(C)OC[C@@]3(OC(C)=O)[C@H]2[C@H](OC(=O)c2ccccc2)[C@]2(O)C[C@H](O)C(C)=C1C2(C)C. The number of Topliss-reactive ketones (excluding diaryl/α,β-unsaturated/α-hetero) is 1. The molecule has 2 N–H and O–H groups in total. The second-order valence-electron chi connectivity index (χ2n) is 15.6. The van der Waals surface area contributed by atoms with Gasteiger partial charge in [0.05, 0.1) is 41.3 Å². The molecule has 1 aromatic rings. The van der Waals surface area contributed by atoms with Crippen LogP contribution in [0.15, 0.2) is 41.5 Å². The van der Waals surface area contributed by atoms with E-state index in [9.17, 15) is 24.6 Å². The Balaban J connectivity index is 1.91. The fourth-order valence-electron chi connectivity index (χ4n) is 8.79. The lowest BCUT2D eigenvalue weighted by atomic mass is 9.42. The molecule has 0 spiro atoms. The summed E-state index contributed by atoms with van der Waals surface area (Å²) in [4.78, 5) is 55.2. The van der Waals surface area contributed by atoms with E-state index >= 15 is 4.79 Å². The molecule has 3 fully saturated rings. The lowest BCUT2D eigenvalue weighted by Crippen LogP contribution is -2.85. The van der Waals surface area contributed by atoms with Crippen LogP contribution in [0.5, 0.6) is 0 Å². The van der Waals surface area contributed by atoms with Crippen molar-refractivity contribution in [1.29, 1.82) is 0 Å². The third-order valence-electron chi connectivity index (χ3n) is 11.2. The van der Waals surface area contributed by atoms with Crippen LogP contribution in [0.25, 0.3) is 0 Å². The van der Waals surface area contributed by atoms with E-state index in [1.54, 1.807) is 65.0 Å². The number of rotatable bonds is 5. The molecule has 47 heavy (non-hydrogen) atoms. The number of hydrogen-bond donors (Lipinski definition) is 2.